The highest BCUT2D eigenvalue weighted by Crippen LogP contribution is 2.13. The fourth-order valence-corrected chi connectivity index (χ4v) is 0.999. The van der Waals surface area contributed by atoms with E-state index in [9.17, 15) is 9.59 Å². The van der Waals surface area contributed by atoms with Crippen molar-refractivity contribution in [3.05, 3.63) is 0 Å². The van der Waals surface area contributed by atoms with Crippen LogP contribution in [0.2, 0.25) is 0 Å². The Morgan fingerprint density at radius 1 is 1.47 bits per heavy atom. The highest BCUT2D eigenvalue weighted by molar-refractivity contribution is 7.80. The Balaban J connectivity index is 4.25. The van der Waals surface area contributed by atoms with Crippen molar-refractivity contribution in [2.45, 2.75) is 38.2 Å². The molecule has 1 amide bonds. The molecule has 0 heterocycles. The van der Waals surface area contributed by atoms with Gasteiger partial charge in [0, 0.05) is 7.05 Å². The van der Waals surface area contributed by atoms with E-state index in [1.54, 1.807) is 20.8 Å². The predicted molar refractivity (Wildman–Crippen MR) is 59.0 cm³/mol. The van der Waals surface area contributed by atoms with Gasteiger partial charge in [-0.25, -0.2) is 4.79 Å². The minimum absolute atomic E-state index is 0.223. The van der Waals surface area contributed by atoms with E-state index in [1.807, 2.05) is 0 Å². The number of ether oxygens (including phenoxy) is 1. The number of carboxylic acids is 1. The van der Waals surface area contributed by atoms with Crippen LogP contribution in [0.4, 0.5) is 4.79 Å². The predicted octanol–water partition coefficient (Wildman–Crippen LogP) is 1.58. The lowest BCUT2D eigenvalue weighted by molar-refractivity contribution is -0.137. The second kappa shape index (κ2) is 5.25. The summed E-state index contributed by atoms with van der Waals surface area (Å²) in [5, 5.41) is 7.84. The fourth-order valence-electron chi connectivity index (χ4n) is 0.749. The molecular formula is C9H17NO4S. The molecule has 0 rings (SSSR count). The molecule has 0 radical (unpaired) electrons. The Labute approximate surface area is 94.8 Å². The molecule has 0 aromatic rings. The number of aliphatic carboxylic acids is 1. The number of amides is 1. The molecule has 0 fully saturated rings. The molecule has 15 heavy (non-hydrogen) atoms. The minimum atomic E-state index is -1.01. The lowest BCUT2D eigenvalue weighted by Gasteiger charge is -2.27. The molecule has 0 aromatic heterocycles. The molecule has 5 nitrogen and oxygen atoms in total. The van der Waals surface area contributed by atoms with Crippen LogP contribution >= 0.6 is 12.6 Å². The Morgan fingerprint density at radius 3 is 2.27 bits per heavy atom. The molecule has 88 valence electrons. The van der Waals surface area contributed by atoms with Crippen LogP contribution in [0.5, 0.6) is 0 Å². The number of carbonyl (C=O) groups excluding carboxylic acids is 1. The Hall–Kier alpha value is -0.910. The van der Waals surface area contributed by atoms with Crippen molar-refractivity contribution < 1.29 is 19.4 Å². The number of carbonyl (C=O) groups is 2. The van der Waals surface area contributed by atoms with Crippen molar-refractivity contribution in [2.75, 3.05) is 7.05 Å². The number of nitrogens with zero attached hydrogens (tertiary/aromatic N) is 1. The van der Waals surface area contributed by atoms with E-state index < -0.39 is 23.0 Å². The van der Waals surface area contributed by atoms with Gasteiger partial charge in [-0.1, -0.05) is 0 Å². The monoisotopic (exact) mass is 235 g/mol. The van der Waals surface area contributed by atoms with Gasteiger partial charge in [0.1, 0.15) is 5.60 Å². The van der Waals surface area contributed by atoms with Gasteiger partial charge in [-0.2, -0.15) is 12.6 Å². The van der Waals surface area contributed by atoms with E-state index >= 15 is 0 Å². The van der Waals surface area contributed by atoms with E-state index in [4.69, 9.17) is 9.84 Å². The average Bonchev–Trinajstić information content (AvgIpc) is 1.98. The van der Waals surface area contributed by atoms with Crippen LogP contribution < -0.4 is 0 Å². The number of rotatable bonds is 3. The molecule has 0 spiro atoms. The molecule has 0 saturated heterocycles. The molecule has 0 aliphatic heterocycles. The van der Waals surface area contributed by atoms with Crippen LogP contribution in [0.15, 0.2) is 0 Å². The highest BCUT2D eigenvalue weighted by Gasteiger charge is 2.24. The van der Waals surface area contributed by atoms with Gasteiger partial charge in [0.05, 0.1) is 11.8 Å². The van der Waals surface area contributed by atoms with Gasteiger partial charge >= 0.3 is 12.1 Å². The van der Waals surface area contributed by atoms with Crippen LogP contribution in [0, 0.1) is 0 Å². The van der Waals surface area contributed by atoms with Gasteiger partial charge in [0.2, 0.25) is 0 Å². The van der Waals surface area contributed by atoms with Crippen LogP contribution in [0.25, 0.3) is 0 Å². The zero-order chi connectivity index (χ0) is 12.2. The van der Waals surface area contributed by atoms with Crippen molar-refractivity contribution in [2.24, 2.45) is 0 Å². The first-order chi connectivity index (χ1) is 6.63. The molecule has 6 heteroatoms. The number of hydrogen-bond donors (Lipinski definition) is 2. The second-order valence-corrected chi connectivity index (χ2v) is 4.77. The maximum absolute atomic E-state index is 11.4. The number of hydrogen-bond acceptors (Lipinski definition) is 4. The zero-order valence-electron chi connectivity index (χ0n) is 9.35. The first-order valence-corrected chi connectivity index (χ1v) is 5.01. The van der Waals surface area contributed by atoms with Crippen LogP contribution in [-0.2, 0) is 9.53 Å². The number of thiol groups is 1. The normalized spacial score (nSPS) is 13.1. The maximum atomic E-state index is 11.4. The van der Waals surface area contributed by atoms with Crippen molar-refractivity contribution in [3.63, 3.8) is 0 Å². The maximum Gasteiger partial charge on any atom is 0.410 e. The van der Waals surface area contributed by atoms with Crippen molar-refractivity contribution in [1.82, 2.24) is 4.90 Å². The third kappa shape index (κ3) is 6.22. The van der Waals surface area contributed by atoms with Crippen molar-refractivity contribution >= 4 is 24.7 Å². The van der Waals surface area contributed by atoms with Crippen LogP contribution in [-0.4, -0.2) is 40.1 Å². The molecule has 0 bridgehead atoms. The van der Waals surface area contributed by atoms with E-state index in [1.165, 1.54) is 7.05 Å². The first kappa shape index (κ1) is 14.1. The summed E-state index contributed by atoms with van der Waals surface area (Å²) in [6, 6.07) is 0. The van der Waals surface area contributed by atoms with Gasteiger partial charge in [-0.3, -0.25) is 9.69 Å². The SMILES string of the molecule is CN(C(=O)OC(C)(C)C)C(S)CC(=O)O. The molecule has 0 aliphatic carbocycles. The quantitative estimate of drug-likeness (QED) is 0.576. The van der Waals surface area contributed by atoms with Crippen LogP contribution in [0.3, 0.4) is 0 Å². The average molecular weight is 235 g/mol. The largest absolute Gasteiger partial charge is 0.481 e. The molecule has 1 atom stereocenters. The van der Waals surface area contributed by atoms with Gasteiger partial charge in [-0.05, 0) is 20.8 Å². The van der Waals surface area contributed by atoms with Crippen molar-refractivity contribution in [1.29, 1.82) is 0 Å². The molecule has 1 unspecified atom stereocenters. The minimum Gasteiger partial charge on any atom is -0.481 e. The summed E-state index contributed by atoms with van der Waals surface area (Å²) < 4.78 is 5.05. The Kier molecular flexibility index (Phi) is 4.93. The van der Waals surface area contributed by atoms with E-state index in [-0.39, 0.29) is 6.42 Å². The fraction of sp³-hybridized carbons (Fsp3) is 0.778. The second-order valence-electron chi connectivity index (χ2n) is 4.17. The highest BCUT2D eigenvalue weighted by atomic mass is 32.1. The topological polar surface area (TPSA) is 66.8 Å². The smallest absolute Gasteiger partial charge is 0.410 e. The summed E-state index contributed by atoms with van der Waals surface area (Å²) in [4.78, 5) is 23.0. The van der Waals surface area contributed by atoms with E-state index in [0.29, 0.717) is 0 Å². The molecule has 0 aromatic carbocycles. The van der Waals surface area contributed by atoms with Gasteiger partial charge in [0.25, 0.3) is 0 Å². The molecule has 0 aliphatic rings. The third-order valence-electron chi connectivity index (χ3n) is 1.49. The summed E-state index contributed by atoms with van der Waals surface area (Å²) >= 11 is 4.00. The summed E-state index contributed by atoms with van der Waals surface area (Å²) in [5.41, 5.74) is -0.595. The molecule has 0 saturated carbocycles. The van der Waals surface area contributed by atoms with Crippen molar-refractivity contribution in [3.8, 4) is 0 Å². The zero-order valence-corrected chi connectivity index (χ0v) is 10.2. The summed E-state index contributed by atoms with van der Waals surface area (Å²) in [6.07, 6.45) is -0.803. The third-order valence-corrected chi connectivity index (χ3v) is 2.01. The summed E-state index contributed by atoms with van der Waals surface area (Å²) in [7, 11) is 1.45. The molecular weight excluding hydrogens is 218 g/mol. The molecule has 1 N–H and O–H groups in total. The van der Waals surface area contributed by atoms with Crippen LogP contribution in [0.1, 0.15) is 27.2 Å². The Bertz CT molecular complexity index is 249. The Morgan fingerprint density at radius 2 is 1.93 bits per heavy atom. The summed E-state index contributed by atoms with van der Waals surface area (Å²) in [6.45, 7) is 5.22. The number of carboxylic acid groups (broad SMARTS) is 1. The standard InChI is InChI=1S/C9H17NO4S/c1-9(2,3)14-8(13)10(4)6(15)5-7(11)12/h6,15H,5H2,1-4H3,(H,11,12). The van der Waals surface area contributed by atoms with Gasteiger partial charge in [-0.15, -0.1) is 0 Å². The lowest BCUT2D eigenvalue weighted by Crippen LogP contribution is -2.39. The summed E-state index contributed by atoms with van der Waals surface area (Å²) in [5.74, 6) is -1.01. The van der Waals surface area contributed by atoms with E-state index in [2.05, 4.69) is 12.6 Å². The van der Waals surface area contributed by atoms with Gasteiger partial charge < -0.3 is 9.84 Å². The van der Waals surface area contributed by atoms with Gasteiger partial charge in [0.15, 0.2) is 0 Å². The lowest BCUT2D eigenvalue weighted by atomic mass is 10.2. The first-order valence-electron chi connectivity index (χ1n) is 4.49. The van der Waals surface area contributed by atoms with E-state index in [0.717, 1.165) is 4.90 Å².